The molecule has 2 aliphatic rings. The summed E-state index contributed by atoms with van der Waals surface area (Å²) in [5.74, 6) is -1.05. The molecule has 5 heteroatoms. The molecular weight excluding hydrogens is 210 g/mol. The van der Waals surface area contributed by atoms with Crippen LogP contribution in [0.15, 0.2) is 23.9 Å². The fourth-order valence-electron chi connectivity index (χ4n) is 1.80. The van der Waals surface area contributed by atoms with Gasteiger partial charge in [0.25, 0.3) is 0 Å². The van der Waals surface area contributed by atoms with Crippen LogP contribution in [-0.4, -0.2) is 35.2 Å². The van der Waals surface area contributed by atoms with E-state index in [0.717, 1.165) is 0 Å². The maximum absolute atomic E-state index is 11.6. The second kappa shape index (κ2) is 3.92. The van der Waals surface area contributed by atoms with Gasteiger partial charge in [-0.3, -0.25) is 14.5 Å². The van der Waals surface area contributed by atoms with E-state index in [-0.39, 0.29) is 24.7 Å². The van der Waals surface area contributed by atoms with Gasteiger partial charge < -0.3 is 4.74 Å². The van der Waals surface area contributed by atoms with Crippen molar-refractivity contribution in [3.05, 3.63) is 23.9 Å². The lowest BCUT2D eigenvalue weighted by atomic mass is 10.1. The molecule has 0 N–H and O–H groups in total. The Balaban J connectivity index is 2.24. The van der Waals surface area contributed by atoms with Gasteiger partial charge in [0, 0.05) is 11.8 Å². The summed E-state index contributed by atoms with van der Waals surface area (Å²) in [6.45, 7) is 1.97. The molecule has 2 rings (SSSR count). The Labute approximate surface area is 92.4 Å². The Bertz CT molecular complexity index is 422. The van der Waals surface area contributed by atoms with Crippen LogP contribution in [0.4, 0.5) is 0 Å². The van der Waals surface area contributed by atoms with Gasteiger partial charge in [-0.1, -0.05) is 0 Å². The van der Waals surface area contributed by atoms with Gasteiger partial charge in [0.15, 0.2) is 11.8 Å². The third kappa shape index (κ3) is 1.64. The number of hydrogen-bond acceptors (Lipinski definition) is 4. The van der Waals surface area contributed by atoms with Crippen molar-refractivity contribution >= 4 is 17.7 Å². The van der Waals surface area contributed by atoms with Gasteiger partial charge in [0.05, 0.1) is 13.0 Å². The summed E-state index contributed by atoms with van der Waals surface area (Å²) in [7, 11) is 0. The van der Waals surface area contributed by atoms with E-state index in [4.69, 9.17) is 4.74 Å². The van der Waals surface area contributed by atoms with Crippen LogP contribution in [0.2, 0.25) is 0 Å². The van der Waals surface area contributed by atoms with Crippen LogP contribution in [0.1, 0.15) is 13.3 Å². The van der Waals surface area contributed by atoms with Gasteiger partial charge in [0.1, 0.15) is 0 Å². The molecule has 0 aromatic heterocycles. The molecule has 0 bridgehead atoms. The average molecular weight is 221 g/mol. The zero-order chi connectivity index (χ0) is 11.7. The van der Waals surface area contributed by atoms with E-state index < -0.39 is 12.0 Å². The first-order valence-corrected chi connectivity index (χ1v) is 5.05. The highest BCUT2D eigenvalue weighted by Gasteiger charge is 2.37. The van der Waals surface area contributed by atoms with Gasteiger partial charge in [-0.15, -0.1) is 0 Å². The number of amides is 1. The van der Waals surface area contributed by atoms with Gasteiger partial charge >= 0.3 is 5.97 Å². The minimum absolute atomic E-state index is 0.179. The Morgan fingerprint density at radius 2 is 2.31 bits per heavy atom. The van der Waals surface area contributed by atoms with Crippen molar-refractivity contribution in [2.75, 3.05) is 6.61 Å². The predicted octanol–water partition coefficient (Wildman–Crippen LogP) is 0.173. The number of hydrogen-bond donors (Lipinski definition) is 0. The number of esters is 1. The van der Waals surface area contributed by atoms with Crippen LogP contribution in [0.3, 0.4) is 0 Å². The molecule has 2 heterocycles. The van der Waals surface area contributed by atoms with E-state index in [1.165, 1.54) is 11.0 Å². The maximum atomic E-state index is 11.6. The number of nitrogens with zero attached hydrogens (tertiary/aromatic N) is 1. The molecule has 2 aliphatic heterocycles. The first-order valence-electron chi connectivity index (χ1n) is 5.05. The largest absolute Gasteiger partial charge is 0.464 e. The molecule has 84 valence electrons. The number of ketones is 1. The first kappa shape index (κ1) is 10.6. The Hall–Kier alpha value is -1.91. The molecule has 1 atom stereocenters. The third-order valence-corrected chi connectivity index (χ3v) is 2.44. The van der Waals surface area contributed by atoms with Gasteiger partial charge in [-0.25, -0.2) is 4.79 Å². The second-order valence-corrected chi connectivity index (χ2v) is 3.53. The van der Waals surface area contributed by atoms with Crippen molar-refractivity contribution in [1.29, 1.82) is 0 Å². The van der Waals surface area contributed by atoms with Crippen LogP contribution in [0.25, 0.3) is 0 Å². The van der Waals surface area contributed by atoms with Gasteiger partial charge in [-0.2, -0.15) is 0 Å². The molecule has 0 fully saturated rings. The molecule has 16 heavy (non-hydrogen) atoms. The smallest absolute Gasteiger partial charge is 0.333 e. The lowest BCUT2D eigenvalue weighted by Crippen LogP contribution is -2.43. The number of allylic oxidation sites excluding steroid dienone is 2. The topological polar surface area (TPSA) is 63.7 Å². The average Bonchev–Trinajstić information content (AvgIpc) is 2.61. The van der Waals surface area contributed by atoms with Crippen molar-refractivity contribution in [3.8, 4) is 0 Å². The number of fused-ring (bicyclic) bond motifs is 1. The number of ether oxygens (including phenoxy) is 1. The maximum Gasteiger partial charge on any atom is 0.333 e. The minimum atomic E-state index is -0.716. The van der Waals surface area contributed by atoms with E-state index in [1.807, 2.05) is 0 Å². The molecular formula is C11H11NO4. The summed E-state index contributed by atoms with van der Waals surface area (Å²) in [4.78, 5) is 35.6. The Kier molecular flexibility index (Phi) is 2.60. The van der Waals surface area contributed by atoms with Crippen molar-refractivity contribution < 1.29 is 19.1 Å². The van der Waals surface area contributed by atoms with E-state index in [1.54, 1.807) is 19.1 Å². The highest BCUT2D eigenvalue weighted by atomic mass is 16.5. The molecule has 1 amide bonds. The summed E-state index contributed by atoms with van der Waals surface area (Å²) in [5.41, 5.74) is 0.472. The fraction of sp³-hybridized carbons (Fsp3) is 0.364. The second-order valence-electron chi connectivity index (χ2n) is 3.53. The summed E-state index contributed by atoms with van der Waals surface area (Å²) >= 11 is 0. The number of rotatable bonds is 2. The summed E-state index contributed by atoms with van der Waals surface area (Å²) in [6.07, 6.45) is 4.36. The molecule has 0 saturated carbocycles. The lowest BCUT2D eigenvalue weighted by molar-refractivity contribution is -0.151. The normalized spacial score (nSPS) is 23.2. The first-order chi connectivity index (χ1) is 7.63. The highest BCUT2D eigenvalue weighted by molar-refractivity contribution is 6.09. The van der Waals surface area contributed by atoms with Crippen LogP contribution in [-0.2, 0) is 19.1 Å². The van der Waals surface area contributed by atoms with Gasteiger partial charge in [-0.05, 0) is 19.1 Å². The molecule has 0 unspecified atom stereocenters. The van der Waals surface area contributed by atoms with Crippen LogP contribution >= 0.6 is 0 Å². The quantitative estimate of drug-likeness (QED) is 0.492. The van der Waals surface area contributed by atoms with E-state index in [2.05, 4.69) is 0 Å². The van der Waals surface area contributed by atoms with Crippen LogP contribution in [0.5, 0.6) is 0 Å². The molecule has 0 radical (unpaired) electrons. The van der Waals surface area contributed by atoms with Crippen LogP contribution in [0, 0.1) is 0 Å². The molecule has 0 aromatic carbocycles. The van der Waals surface area contributed by atoms with E-state index in [0.29, 0.717) is 5.70 Å². The van der Waals surface area contributed by atoms with Crippen molar-refractivity contribution in [2.45, 2.75) is 19.4 Å². The van der Waals surface area contributed by atoms with Crippen molar-refractivity contribution in [1.82, 2.24) is 4.90 Å². The van der Waals surface area contributed by atoms with E-state index >= 15 is 0 Å². The molecule has 5 nitrogen and oxygen atoms in total. The Morgan fingerprint density at radius 1 is 1.56 bits per heavy atom. The monoisotopic (exact) mass is 221 g/mol. The number of carbonyl (C=O) groups excluding carboxylic acids is 3. The SMILES string of the molecule is CCOC(=O)[C@@H]1C=CC2=CC(=O)CC(=O)N21. The standard InChI is InChI=1S/C11H11NO4/c1-2-16-11(15)9-4-3-7-5-8(13)6-10(14)12(7)9/h3-5,9H,2,6H2,1H3/t9-/m0/s1. The van der Waals surface area contributed by atoms with Crippen molar-refractivity contribution in [3.63, 3.8) is 0 Å². The number of carbonyl (C=O) groups is 3. The molecule has 0 saturated heterocycles. The predicted molar refractivity (Wildman–Crippen MR) is 54.1 cm³/mol. The molecule has 0 spiro atoms. The summed E-state index contributed by atoms with van der Waals surface area (Å²) < 4.78 is 4.85. The molecule has 0 aliphatic carbocycles. The van der Waals surface area contributed by atoms with Gasteiger partial charge in [0.2, 0.25) is 5.91 Å². The Morgan fingerprint density at radius 3 is 3.00 bits per heavy atom. The van der Waals surface area contributed by atoms with Crippen LogP contribution < -0.4 is 0 Å². The van der Waals surface area contributed by atoms with E-state index in [9.17, 15) is 14.4 Å². The molecule has 0 aromatic rings. The van der Waals surface area contributed by atoms with Crippen molar-refractivity contribution in [2.24, 2.45) is 0 Å². The summed E-state index contributed by atoms with van der Waals surface area (Å²) in [6, 6.07) is -0.716. The summed E-state index contributed by atoms with van der Waals surface area (Å²) in [5, 5.41) is 0. The minimum Gasteiger partial charge on any atom is -0.464 e. The fourth-order valence-corrected chi connectivity index (χ4v) is 1.80. The highest BCUT2D eigenvalue weighted by Crippen LogP contribution is 2.25. The zero-order valence-corrected chi connectivity index (χ0v) is 8.80. The lowest BCUT2D eigenvalue weighted by Gasteiger charge is -2.26. The zero-order valence-electron chi connectivity index (χ0n) is 8.80. The third-order valence-electron chi connectivity index (χ3n) is 2.44.